The second kappa shape index (κ2) is 9.20. The first kappa shape index (κ1) is 19.7. The van der Waals surface area contributed by atoms with Gasteiger partial charge >= 0.3 is 0 Å². The van der Waals surface area contributed by atoms with E-state index in [0.717, 1.165) is 16.8 Å². The van der Waals surface area contributed by atoms with E-state index in [4.69, 9.17) is 17.0 Å². The van der Waals surface area contributed by atoms with E-state index in [0.29, 0.717) is 23.1 Å². The zero-order valence-electron chi connectivity index (χ0n) is 15.6. The largest absolute Gasteiger partial charge is 0.497 e. The third-order valence-electron chi connectivity index (χ3n) is 3.99. The average Bonchev–Trinajstić information content (AvgIpc) is 2.62. The molecule has 0 unspecified atom stereocenters. The number of nitrogens with zero attached hydrogens (tertiary/aromatic N) is 1. The lowest BCUT2D eigenvalue weighted by molar-refractivity contribution is -0.116. The van der Waals surface area contributed by atoms with Crippen LogP contribution in [-0.2, 0) is 4.79 Å². The summed E-state index contributed by atoms with van der Waals surface area (Å²) in [6.07, 6.45) is 0. The topological polar surface area (TPSA) is 53.6 Å². The summed E-state index contributed by atoms with van der Waals surface area (Å²) in [5.41, 5.74) is 3.91. The highest BCUT2D eigenvalue weighted by atomic mass is 32.1. The Kier molecular flexibility index (Phi) is 6.97. The Bertz CT molecular complexity index is 792. The van der Waals surface area contributed by atoms with Gasteiger partial charge in [-0.05, 0) is 62.3 Å². The molecule has 2 aromatic rings. The van der Waals surface area contributed by atoms with Gasteiger partial charge in [0.05, 0.1) is 13.7 Å². The Morgan fingerprint density at radius 2 is 1.92 bits per heavy atom. The molecule has 0 aliphatic rings. The van der Waals surface area contributed by atoms with Crippen molar-refractivity contribution in [1.82, 2.24) is 4.90 Å². The van der Waals surface area contributed by atoms with Crippen molar-refractivity contribution in [2.45, 2.75) is 20.8 Å². The molecule has 2 N–H and O–H groups in total. The van der Waals surface area contributed by atoms with E-state index in [9.17, 15) is 4.79 Å². The fraction of sp³-hybridized carbons (Fsp3) is 0.300. The second-order valence-electron chi connectivity index (χ2n) is 6.04. The van der Waals surface area contributed by atoms with Gasteiger partial charge in [-0.2, -0.15) is 0 Å². The molecule has 2 rings (SSSR count). The van der Waals surface area contributed by atoms with Crippen LogP contribution in [-0.4, -0.2) is 36.1 Å². The molecule has 0 fully saturated rings. The molecule has 0 aromatic heterocycles. The van der Waals surface area contributed by atoms with Crippen molar-refractivity contribution in [3.63, 3.8) is 0 Å². The van der Waals surface area contributed by atoms with Crippen LogP contribution in [0, 0.1) is 13.8 Å². The van der Waals surface area contributed by atoms with Gasteiger partial charge in [0, 0.05) is 24.0 Å². The smallest absolute Gasteiger partial charge is 0.243 e. The number of ether oxygens (including phenoxy) is 1. The van der Waals surface area contributed by atoms with Gasteiger partial charge in [0.15, 0.2) is 5.11 Å². The monoisotopic (exact) mass is 371 g/mol. The third-order valence-corrected chi connectivity index (χ3v) is 4.35. The molecule has 26 heavy (non-hydrogen) atoms. The van der Waals surface area contributed by atoms with E-state index in [1.807, 2.05) is 56.0 Å². The molecule has 2 aromatic carbocycles. The molecular weight excluding hydrogens is 346 g/mol. The highest BCUT2D eigenvalue weighted by Crippen LogP contribution is 2.18. The molecule has 0 saturated heterocycles. The number of thiocarbonyl (C=S) groups is 1. The predicted octanol–water partition coefficient (Wildman–Crippen LogP) is 3.97. The second-order valence-corrected chi connectivity index (χ2v) is 6.43. The Morgan fingerprint density at radius 1 is 1.15 bits per heavy atom. The zero-order chi connectivity index (χ0) is 19.1. The van der Waals surface area contributed by atoms with E-state index >= 15 is 0 Å². The van der Waals surface area contributed by atoms with Crippen LogP contribution in [0.3, 0.4) is 0 Å². The van der Waals surface area contributed by atoms with Crippen LogP contribution in [0.15, 0.2) is 42.5 Å². The number of methoxy groups -OCH3 is 1. The van der Waals surface area contributed by atoms with Gasteiger partial charge in [-0.25, -0.2) is 0 Å². The molecule has 0 heterocycles. The summed E-state index contributed by atoms with van der Waals surface area (Å²) in [5, 5.41) is 6.65. The first-order chi connectivity index (χ1) is 12.4. The number of rotatable bonds is 6. The molecule has 0 spiro atoms. The molecule has 0 aliphatic heterocycles. The fourth-order valence-corrected chi connectivity index (χ4v) is 2.77. The number of likely N-dealkylation sites (N-methyl/N-ethyl adjacent to an activating group) is 1. The number of carbonyl (C=O) groups excluding carboxylic acids is 1. The molecule has 5 nitrogen and oxygen atoms in total. The number of hydrogen-bond donors (Lipinski definition) is 2. The summed E-state index contributed by atoms with van der Waals surface area (Å²) in [6.45, 7) is 6.82. The molecule has 1 amide bonds. The van der Waals surface area contributed by atoms with Gasteiger partial charge in [0.2, 0.25) is 5.91 Å². The van der Waals surface area contributed by atoms with Crippen LogP contribution in [0.25, 0.3) is 0 Å². The number of carbonyl (C=O) groups is 1. The lowest BCUT2D eigenvalue weighted by Gasteiger charge is -2.24. The van der Waals surface area contributed by atoms with E-state index in [1.54, 1.807) is 13.2 Å². The molecule has 0 radical (unpaired) electrons. The number of aryl methyl sites for hydroxylation is 2. The van der Waals surface area contributed by atoms with Crippen molar-refractivity contribution in [3.8, 4) is 5.75 Å². The summed E-state index contributed by atoms with van der Waals surface area (Å²) >= 11 is 5.50. The third kappa shape index (κ3) is 5.46. The maximum Gasteiger partial charge on any atom is 0.243 e. The van der Waals surface area contributed by atoms with Gasteiger partial charge in [0.25, 0.3) is 0 Å². The molecule has 0 atom stereocenters. The highest BCUT2D eigenvalue weighted by Gasteiger charge is 2.14. The van der Waals surface area contributed by atoms with Gasteiger partial charge in [-0.1, -0.05) is 18.2 Å². The van der Waals surface area contributed by atoms with Crippen molar-refractivity contribution in [2.24, 2.45) is 0 Å². The number of hydrogen-bond acceptors (Lipinski definition) is 3. The molecule has 0 bridgehead atoms. The molecular formula is C20H25N3O2S. The van der Waals surface area contributed by atoms with Crippen molar-refractivity contribution in [2.75, 3.05) is 30.8 Å². The van der Waals surface area contributed by atoms with Gasteiger partial charge in [-0.3, -0.25) is 4.79 Å². The summed E-state index contributed by atoms with van der Waals surface area (Å²) in [5.74, 6) is 0.562. The number of benzene rings is 2. The summed E-state index contributed by atoms with van der Waals surface area (Å²) in [6, 6.07) is 13.4. The molecule has 0 saturated carbocycles. The number of anilines is 2. The first-order valence-corrected chi connectivity index (χ1v) is 8.90. The SMILES string of the molecule is CCN(CC(=O)Nc1cccc(OC)c1)C(=S)Nc1cc(C)ccc1C. The molecule has 138 valence electrons. The van der Waals surface area contributed by atoms with Crippen LogP contribution in [0.1, 0.15) is 18.1 Å². The number of nitrogens with one attached hydrogen (secondary N) is 2. The van der Waals surface area contributed by atoms with Crippen molar-refractivity contribution < 1.29 is 9.53 Å². The Morgan fingerprint density at radius 3 is 2.62 bits per heavy atom. The highest BCUT2D eigenvalue weighted by molar-refractivity contribution is 7.80. The van der Waals surface area contributed by atoms with Crippen LogP contribution in [0.5, 0.6) is 5.75 Å². The quantitative estimate of drug-likeness (QED) is 0.753. The maximum atomic E-state index is 12.4. The van der Waals surface area contributed by atoms with Gasteiger partial charge in [-0.15, -0.1) is 0 Å². The summed E-state index contributed by atoms with van der Waals surface area (Å²) in [4.78, 5) is 14.2. The number of amides is 1. The standard InChI is InChI=1S/C20H25N3O2S/c1-5-23(20(26)22-18-11-14(2)9-10-15(18)3)13-19(24)21-16-7-6-8-17(12-16)25-4/h6-12H,5,13H2,1-4H3,(H,21,24)(H,22,26). The van der Waals surface area contributed by atoms with E-state index in [2.05, 4.69) is 16.7 Å². The minimum absolute atomic E-state index is 0.134. The van der Waals surface area contributed by atoms with Gasteiger partial charge in [0.1, 0.15) is 5.75 Å². The predicted molar refractivity (Wildman–Crippen MR) is 111 cm³/mol. The van der Waals surface area contributed by atoms with Crippen LogP contribution in [0.2, 0.25) is 0 Å². The van der Waals surface area contributed by atoms with E-state index in [-0.39, 0.29) is 12.5 Å². The Balaban J connectivity index is 1.99. The lowest BCUT2D eigenvalue weighted by atomic mass is 10.1. The normalized spacial score (nSPS) is 10.2. The summed E-state index contributed by atoms with van der Waals surface area (Å²) in [7, 11) is 1.59. The minimum Gasteiger partial charge on any atom is -0.497 e. The molecule has 6 heteroatoms. The summed E-state index contributed by atoms with van der Waals surface area (Å²) < 4.78 is 5.17. The fourth-order valence-electron chi connectivity index (χ4n) is 2.47. The Hall–Kier alpha value is -2.60. The molecule has 0 aliphatic carbocycles. The van der Waals surface area contributed by atoms with Crippen LogP contribution >= 0.6 is 12.2 Å². The van der Waals surface area contributed by atoms with Crippen LogP contribution in [0.4, 0.5) is 11.4 Å². The lowest BCUT2D eigenvalue weighted by Crippen LogP contribution is -2.40. The maximum absolute atomic E-state index is 12.4. The Labute approximate surface area is 160 Å². The minimum atomic E-state index is -0.134. The van der Waals surface area contributed by atoms with Crippen molar-refractivity contribution in [1.29, 1.82) is 0 Å². The van der Waals surface area contributed by atoms with E-state index in [1.165, 1.54) is 0 Å². The first-order valence-electron chi connectivity index (χ1n) is 8.50. The van der Waals surface area contributed by atoms with E-state index < -0.39 is 0 Å². The zero-order valence-corrected chi connectivity index (χ0v) is 16.4. The van der Waals surface area contributed by atoms with Gasteiger partial charge < -0.3 is 20.3 Å². The van der Waals surface area contributed by atoms with Crippen molar-refractivity contribution in [3.05, 3.63) is 53.6 Å². The van der Waals surface area contributed by atoms with Crippen LogP contribution < -0.4 is 15.4 Å². The average molecular weight is 372 g/mol. The van der Waals surface area contributed by atoms with Crippen molar-refractivity contribution >= 4 is 34.6 Å².